The van der Waals surface area contributed by atoms with Crippen LogP contribution in [-0.2, 0) is 4.74 Å². The topological polar surface area (TPSA) is 46.5 Å². The zero-order chi connectivity index (χ0) is 11.8. The van der Waals surface area contributed by atoms with Gasteiger partial charge in [-0.2, -0.15) is 0 Å². The van der Waals surface area contributed by atoms with Crippen molar-refractivity contribution in [3.05, 3.63) is 42.0 Å². The second kappa shape index (κ2) is 6.67. The monoisotopic (exact) mass is 220 g/mol. The Labute approximate surface area is 95.4 Å². The number of benzene rings is 1. The molecule has 0 aromatic heterocycles. The summed E-state index contributed by atoms with van der Waals surface area (Å²) in [5, 5.41) is 9.41. The Balaban J connectivity index is 2.38. The zero-order valence-electron chi connectivity index (χ0n) is 9.35. The third kappa shape index (κ3) is 3.77. The Kier molecular flexibility index (Phi) is 5.12. The van der Waals surface area contributed by atoms with Crippen molar-refractivity contribution in [3.8, 4) is 5.75 Å². The highest BCUT2D eigenvalue weighted by Gasteiger charge is 2.10. The Morgan fingerprint density at radius 1 is 1.44 bits per heavy atom. The molecule has 0 spiro atoms. The highest BCUT2D eigenvalue weighted by Crippen LogP contribution is 2.16. The largest absolute Gasteiger partial charge is 0.507 e. The predicted octanol–water partition coefficient (Wildman–Crippen LogP) is 2.91. The van der Waals surface area contributed by atoms with Crippen molar-refractivity contribution in [2.24, 2.45) is 0 Å². The molecule has 0 amide bonds. The van der Waals surface area contributed by atoms with Crippen LogP contribution in [0.3, 0.4) is 0 Å². The summed E-state index contributed by atoms with van der Waals surface area (Å²) in [7, 11) is 0. The summed E-state index contributed by atoms with van der Waals surface area (Å²) in [5.41, 5.74) is 0.216. The third-order valence-electron chi connectivity index (χ3n) is 2.11. The number of phenolic OH excluding ortho intramolecular Hbond substituents is 1. The second-order valence-electron chi connectivity index (χ2n) is 3.36. The van der Waals surface area contributed by atoms with Crippen LogP contribution in [0.1, 0.15) is 30.1 Å². The molecule has 86 valence electrons. The zero-order valence-corrected chi connectivity index (χ0v) is 9.35. The molecule has 0 unspecified atom stereocenters. The Morgan fingerprint density at radius 2 is 2.19 bits per heavy atom. The van der Waals surface area contributed by atoms with Gasteiger partial charge in [0, 0.05) is 0 Å². The van der Waals surface area contributed by atoms with Crippen molar-refractivity contribution < 1.29 is 14.6 Å². The van der Waals surface area contributed by atoms with Crippen LogP contribution in [0.2, 0.25) is 0 Å². The second-order valence-corrected chi connectivity index (χ2v) is 3.36. The highest BCUT2D eigenvalue weighted by molar-refractivity contribution is 5.92. The lowest BCUT2D eigenvalue weighted by Gasteiger charge is -2.04. The number of hydrogen-bond donors (Lipinski definition) is 1. The molecule has 0 aliphatic heterocycles. The molecule has 3 heteroatoms. The minimum Gasteiger partial charge on any atom is -0.507 e. The summed E-state index contributed by atoms with van der Waals surface area (Å²) in [6, 6.07) is 6.37. The van der Waals surface area contributed by atoms with Gasteiger partial charge in [-0.1, -0.05) is 24.3 Å². The fraction of sp³-hybridized carbons (Fsp3) is 0.308. The fourth-order valence-electron chi connectivity index (χ4n) is 1.26. The molecule has 1 N–H and O–H groups in total. The first kappa shape index (κ1) is 12.3. The molecule has 0 saturated heterocycles. The Hall–Kier alpha value is -1.77. The van der Waals surface area contributed by atoms with E-state index in [2.05, 4.69) is 0 Å². The van der Waals surface area contributed by atoms with Crippen molar-refractivity contribution in [2.75, 3.05) is 6.61 Å². The smallest absolute Gasteiger partial charge is 0.341 e. The van der Waals surface area contributed by atoms with Crippen LogP contribution in [0.5, 0.6) is 5.75 Å². The van der Waals surface area contributed by atoms with Crippen molar-refractivity contribution >= 4 is 5.97 Å². The Bertz CT molecular complexity index is 369. The molecule has 1 rings (SSSR count). The third-order valence-corrected chi connectivity index (χ3v) is 2.11. The summed E-state index contributed by atoms with van der Waals surface area (Å²) in [4.78, 5) is 11.5. The van der Waals surface area contributed by atoms with Gasteiger partial charge in [-0.05, 0) is 31.9 Å². The molecule has 16 heavy (non-hydrogen) atoms. The number of rotatable bonds is 5. The molecule has 0 aliphatic rings. The first-order valence-corrected chi connectivity index (χ1v) is 5.32. The molecule has 0 fully saturated rings. The van der Waals surface area contributed by atoms with Gasteiger partial charge in [0.15, 0.2) is 0 Å². The van der Waals surface area contributed by atoms with E-state index in [1.807, 2.05) is 19.1 Å². The number of para-hydroxylation sites is 1. The molecule has 0 atom stereocenters. The summed E-state index contributed by atoms with van der Waals surface area (Å²) in [5.74, 6) is -0.514. The maximum Gasteiger partial charge on any atom is 0.341 e. The van der Waals surface area contributed by atoms with E-state index in [-0.39, 0.29) is 11.3 Å². The lowest BCUT2D eigenvalue weighted by molar-refractivity contribution is 0.0498. The van der Waals surface area contributed by atoms with Crippen LogP contribution in [-0.4, -0.2) is 17.7 Å². The van der Waals surface area contributed by atoms with Crippen LogP contribution in [0.4, 0.5) is 0 Å². The number of hydrogen-bond acceptors (Lipinski definition) is 3. The van der Waals surface area contributed by atoms with Gasteiger partial charge in [-0.3, -0.25) is 0 Å². The van der Waals surface area contributed by atoms with Gasteiger partial charge in [0.2, 0.25) is 0 Å². The number of allylic oxidation sites excluding steroid dienone is 2. The fourth-order valence-corrected chi connectivity index (χ4v) is 1.26. The first-order chi connectivity index (χ1) is 7.75. The number of phenols is 1. The summed E-state index contributed by atoms with van der Waals surface area (Å²) in [6.45, 7) is 2.32. The van der Waals surface area contributed by atoms with E-state index in [0.717, 1.165) is 12.8 Å². The average Bonchev–Trinajstić information content (AvgIpc) is 2.29. The number of ether oxygens (including phenoxy) is 1. The molecule has 0 radical (unpaired) electrons. The van der Waals surface area contributed by atoms with E-state index >= 15 is 0 Å². The molecule has 0 bridgehead atoms. The maximum atomic E-state index is 11.5. The van der Waals surface area contributed by atoms with Crippen LogP contribution >= 0.6 is 0 Å². The molecule has 3 nitrogen and oxygen atoms in total. The molecule has 1 aromatic rings. The Morgan fingerprint density at radius 3 is 2.88 bits per heavy atom. The molecule has 0 aliphatic carbocycles. The lowest BCUT2D eigenvalue weighted by Crippen LogP contribution is -2.06. The molecule has 0 heterocycles. The summed E-state index contributed by atoms with van der Waals surface area (Å²) in [6.07, 6.45) is 5.67. The molecular weight excluding hydrogens is 204 g/mol. The minimum absolute atomic E-state index is 0.0408. The van der Waals surface area contributed by atoms with Gasteiger partial charge in [0.05, 0.1) is 6.61 Å². The van der Waals surface area contributed by atoms with E-state index < -0.39 is 5.97 Å². The number of carbonyl (C=O) groups is 1. The van der Waals surface area contributed by atoms with Crippen molar-refractivity contribution in [2.45, 2.75) is 19.8 Å². The average molecular weight is 220 g/mol. The predicted molar refractivity (Wildman–Crippen MR) is 62.4 cm³/mol. The maximum absolute atomic E-state index is 11.5. The highest BCUT2D eigenvalue weighted by atomic mass is 16.5. The van der Waals surface area contributed by atoms with Crippen LogP contribution in [0.25, 0.3) is 0 Å². The van der Waals surface area contributed by atoms with Crippen LogP contribution < -0.4 is 0 Å². The van der Waals surface area contributed by atoms with Crippen molar-refractivity contribution in [3.63, 3.8) is 0 Å². The van der Waals surface area contributed by atoms with Gasteiger partial charge < -0.3 is 9.84 Å². The molecule has 1 aromatic carbocycles. The van der Waals surface area contributed by atoms with Gasteiger partial charge in [0.1, 0.15) is 11.3 Å². The minimum atomic E-state index is -0.474. The number of unbranched alkanes of at least 4 members (excludes halogenated alkanes) is 1. The molecule has 0 saturated carbocycles. The molecular formula is C13H16O3. The van der Waals surface area contributed by atoms with E-state index in [1.54, 1.807) is 18.2 Å². The van der Waals surface area contributed by atoms with E-state index in [4.69, 9.17) is 4.74 Å². The number of esters is 1. The van der Waals surface area contributed by atoms with Crippen LogP contribution in [0, 0.1) is 0 Å². The van der Waals surface area contributed by atoms with Crippen molar-refractivity contribution in [1.82, 2.24) is 0 Å². The number of aromatic hydroxyl groups is 1. The van der Waals surface area contributed by atoms with E-state index in [1.165, 1.54) is 6.07 Å². The quantitative estimate of drug-likeness (QED) is 0.471. The summed E-state index contributed by atoms with van der Waals surface area (Å²) < 4.78 is 5.02. The normalized spacial score (nSPS) is 10.6. The van der Waals surface area contributed by atoms with Crippen LogP contribution in [0.15, 0.2) is 36.4 Å². The summed E-state index contributed by atoms with van der Waals surface area (Å²) >= 11 is 0. The SMILES string of the molecule is C/C=C/CCCOC(=O)c1ccccc1O. The number of carbonyl (C=O) groups excluding carboxylic acids is 1. The van der Waals surface area contributed by atoms with Gasteiger partial charge in [0.25, 0.3) is 0 Å². The van der Waals surface area contributed by atoms with E-state index in [9.17, 15) is 9.90 Å². The van der Waals surface area contributed by atoms with Gasteiger partial charge in [-0.15, -0.1) is 0 Å². The standard InChI is InChI=1S/C13H16O3/c1-2-3-4-7-10-16-13(15)11-8-5-6-9-12(11)14/h2-3,5-6,8-9,14H,4,7,10H2,1H3/b3-2+. The first-order valence-electron chi connectivity index (χ1n) is 5.32. The van der Waals surface area contributed by atoms with Crippen molar-refractivity contribution in [1.29, 1.82) is 0 Å². The van der Waals surface area contributed by atoms with Gasteiger partial charge >= 0.3 is 5.97 Å². The van der Waals surface area contributed by atoms with E-state index in [0.29, 0.717) is 6.61 Å². The van der Waals surface area contributed by atoms with Gasteiger partial charge in [-0.25, -0.2) is 4.79 Å². The lowest BCUT2D eigenvalue weighted by atomic mass is 10.2.